The van der Waals surface area contributed by atoms with Gasteiger partial charge >= 0.3 is 5.97 Å². The van der Waals surface area contributed by atoms with Crippen LogP contribution in [0.5, 0.6) is 0 Å². The summed E-state index contributed by atoms with van der Waals surface area (Å²) in [7, 11) is 5.19. The van der Waals surface area contributed by atoms with E-state index in [0.29, 0.717) is 5.95 Å². The maximum absolute atomic E-state index is 10.4. The predicted molar refractivity (Wildman–Crippen MR) is 49.5 cm³/mol. The van der Waals surface area contributed by atoms with Gasteiger partial charge in [-0.3, -0.25) is 0 Å². The van der Waals surface area contributed by atoms with Crippen LogP contribution in [0, 0.1) is 0 Å². The Kier molecular flexibility index (Phi) is 3.68. The first-order valence-corrected chi connectivity index (χ1v) is 3.34. The van der Waals surface area contributed by atoms with Gasteiger partial charge in [0.25, 0.3) is 5.82 Å². The Bertz CT molecular complexity index is 310. The molecule has 0 amide bonds. The van der Waals surface area contributed by atoms with E-state index in [2.05, 4.69) is 10.1 Å². The molecule has 1 N–H and O–H groups in total. The largest absolute Gasteiger partial charge is 0.475 e. The molecule has 1 aromatic heterocycles. The summed E-state index contributed by atoms with van der Waals surface area (Å²) in [5.74, 6) is -0.771. The highest BCUT2D eigenvalue weighted by atomic mass is 35.5. The standard InChI is InChI=1S/C6H10N4O2.ClH/c1-9(2)6-7-4(5(11)12)8-10(6)3;/h1-3H3,(H,11,12);1H. The van der Waals surface area contributed by atoms with Gasteiger partial charge in [-0.25, -0.2) is 9.48 Å². The Morgan fingerprint density at radius 3 is 2.31 bits per heavy atom. The smallest absolute Gasteiger partial charge is 0.375 e. The quantitative estimate of drug-likeness (QED) is 0.738. The number of aromatic carboxylic acids is 1. The zero-order valence-corrected chi connectivity index (χ0v) is 8.37. The van der Waals surface area contributed by atoms with Crippen molar-refractivity contribution in [3.63, 3.8) is 0 Å². The van der Waals surface area contributed by atoms with Crippen LogP contribution in [0.3, 0.4) is 0 Å². The number of anilines is 1. The minimum absolute atomic E-state index is 0. The van der Waals surface area contributed by atoms with Crippen LogP contribution in [0.2, 0.25) is 0 Å². The van der Waals surface area contributed by atoms with Crippen molar-refractivity contribution in [2.24, 2.45) is 7.05 Å². The number of aromatic nitrogens is 3. The van der Waals surface area contributed by atoms with Gasteiger partial charge < -0.3 is 10.0 Å². The van der Waals surface area contributed by atoms with E-state index in [4.69, 9.17) is 5.11 Å². The van der Waals surface area contributed by atoms with Gasteiger partial charge in [0, 0.05) is 21.1 Å². The third-order valence-corrected chi connectivity index (χ3v) is 1.33. The number of nitrogens with zero attached hydrogens (tertiary/aromatic N) is 4. The topological polar surface area (TPSA) is 71.2 Å². The average Bonchev–Trinajstić information content (AvgIpc) is 2.30. The molecule has 0 saturated heterocycles. The van der Waals surface area contributed by atoms with E-state index < -0.39 is 5.97 Å². The number of rotatable bonds is 2. The second kappa shape index (κ2) is 4.08. The fourth-order valence-electron chi connectivity index (χ4n) is 0.856. The fourth-order valence-corrected chi connectivity index (χ4v) is 0.856. The lowest BCUT2D eigenvalue weighted by molar-refractivity contribution is 0.0683. The molecule has 7 heteroatoms. The third-order valence-electron chi connectivity index (χ3n) is 1.33. The van der Waals surface area contributed by atoms with Crippen LogP contribution in [0.25, 0.3) is 0 Å². The van der Waals surface area contributed by atoms with E-state index in [1.165, 1.54) is 4.68 Å². The second-order valence-electron chi connectivity index (χ2n) is 2.56. The van der Waals surface area contributed by atoms with E-state index >= 15 is 0 Å². The number of aryl methyl sites for hydroxylation is 1. The Morgan fingerprint density at radius 1 is 1.54 bits per heavy atom. The summed E-state index contributed by atoms with van der Waals surface area (Å²) in [6.45, 7) is 0. The molecule has 0 aromatic carbocycles. The zero-order valence-electron chi connectivity index (χ0n) is 7.55. The molecule has 0 spiro atoms. The first kappa shape index (κ1) is 11.7. The van der Waals surface area contributed by atoms with Crippen molar-refractivity contribution >= 4 is 24.3 Å². The highest BCUT2D eigenvalue weighted by molar-refractivity contribution is 5.85. The molecule has 0 saturated carbocycles. The molecule has 0 aliphatic carbocycles. The van der Waals surface area contributed by atoms with Crippen LogP contribution in [0.15, 0.2) is 0 Å². The molecule has 0 aliphatic heterocycles. The summed E-state index contributed by atoms with van der Waals surface area (Å²) in [6, 6.07) is 0. The Balaban J connectivity index is 0.00000144. The van der Waals surface area contributed by atoms with E-state index in [1.807, 2.05) is 0 Å². The normalized spacial score (nSPS) is 9.15. The number of hydrogen-bond acceptors (Lipinski definition) is 4. The minimum Gasteiger partial charge on any atom is -0.475 e. The van der Waals surface area contributed by atoms with Crippen molar-refractivity contribution in [1.82, 2.24) is 14.8 Å². The minimum atomic E-state index is -1.11. The molecule has 0 bridgehead atoms. The van der Waals surface area contributed by atoms with Gasteiger partial charge in [0.1, 0.15) is 0 Å². The number of halogens is 1. The fraction of sp³-hybridized carbons (Fsp3) is 0.500. The van der Waals surface area contributed by atoms with Gasteiger partial charge in [0.2, 0.25) is 5.95 Å². The molecule has 6 nitrogen and oxygen atoms in total. The van der Waals surface area contributed by atoms with Crippen molar-refractivity contribution in [3.8, 4) is 0 Å². The molecular weight excluding hydrogens is 196 g/mol. The lowest BCUT2D eigenvalue weighted by Gasteiger charge is -2.08. The molecular formula is C6H11ClN4O2. The van der Waals surface area contributed by atoms with Crippen molar-refractivity contribution in [2.75, 3.05) is 19.0 Å². The first-order chi connectivity index (χ1) is 5.52. The average molecular weight is 207 g/mol. The summed E-state index contributed by atoms with van der Waals surface area (Å²) in [5, 5.41) is 12.2. The Morgan fingerprint density at radius 2 is 2.08 bits per heavy atom. The summed E-state index contributed by atoms with van der Waals surface area (Å²) in [5.41, 5.74) is 0. The molecule has 0 aliphatic rings. The summed E-state index contributed by atoms with van der Waals surface area (Å²) in [6.07, 6.45) is 0. The summed E-state index contributed by atoms with van der Waals surface area (Å²) in [4.78, 5) is 15.9. The molecule has 13 heavy (non-hydrogen) atoms. The van der Waals surface area contributed by atoms with Gasteiger partial charge in [0.05, 0.1) is 0 Å². The van der Waals surface area contributed by atoms with E-state index in [9.17, 15) is 4.79 Å². The lowest BCUT2D eigenvalue weighted by Crippen LogP contribution is -2.14. The van der Waals surface area contributed by atoms with Crippen molar-refractivity contribution < 1.29 is 9.90 Å². The molecule has 1 rings (SSSR count). The monoisotopic (exact) mass is 206 g/mol. The van der Waals surface area contributed by atoms with Crippen molar-refractivity contribution in [3.05, 3.63) is 5.82 Å². The van der Waals surface area contributed by atoms with Crippen LogP contribution >= 0.6 is 12.4 Å². The number of hydrogen-bond donors (Lipinski definition) is 1. The van der Waals surface area contributed by atoms with Gasteiger partial charge in [-0.2, -0.15) is 4.98 Å². The van der Waals surface area contributed by atoms with Crippen LogP contribution in [-0.4, -0.2) is 39.9 Å². The molecule has 0 radical (unpaired) electrons. The van der Waals surface area contributed by atoms with Gasteiger partial charge in [-0.05, 0) is 0 Å². The molecule has 1 heterocycles. The van der Waals surface area contributed by atoms with E-state index in [-0.39, 0.29) is 18.2 Å². The van der Waals surface area contributed by atoms with Gasteiger partial charge in [-0.15, -0.1) is 17.5 Å². The molecule has 0 unspecified atom stereocenters. The molecule has 0 atom stereocenters. The van der Waals surface area contributed by atoms with Crippen molar-refractivity contribution in [1.29, 1.82) is 0 Å². The lowest BCUT2D eigenvalue weighted by atomic mass is 10.6. The van der Waals surface area contributed by atoms with E-state index in [1.54, 1.807) is 26.0 Å². The highest BCUT2D eigenvalue weighted by Crippen LogP contribution is 2.05. The highest BCUT2D eigenvalue weighted by Gasteiger charge is 2.13. The van der Waals surface area contributed by atoms with Gasteiger partial charge in [-0.1, -0.05) is 0 Å². The molecule has 1 aromatic rings. The second-order valence-corrected chi connectivity index (χ2v) is 2.56. The van der Waals surface area contributed by atoms with Crippen LogP contribution in [0.4, 0.5) is 5.95 Å². The molecule has 0 fully saturated rings. The Labute approximate surface area is 81.6 Å². The number of carbonyl (C=O) groups is 1. The SMILES string of the molecule is CN(C)c1nc(C(=O)O)nn1C.Cl. The van der Waals surface area contributed by atoms with E-state index in [0.717, 1.165) is 0 Å². The molecule has 74 valence electrons. The summed E-state index contributed by atoms with van der Waals surface area (Å²) < 4.78 is 1.42. The third kappa shape index (κ3) is 2.32. The number of carboxylic acid groups (broad SMARTS) is 1. The maximum atomic E-state index is 10.4. The first-order valence-electron chi connectivity index (χ1n) is 3.34. The van der Waals surface area contributed by atoms with Crippen LogP contribution in [0.1, 0.15) is 10.6 Å². The van der Waals surface area contributed by atoms with Crippen molar-refractivity contribution in [2.45, 2.75) is 0 Å². The maximum Gasteiger partial charge on any atom is 0.375 e. The van der Waals surface area contributed by atoms with Crippen LogP contribution < -0.4 is 4.90 Å². The van der Waals surface area contributed by atoms with Gasteiger partial charge in [0.15, 0.2) is 0 Å². The summed E-state index contributed by atoms with van der Waals surface area (Å²) >= 11 is 0. The number of carboxylic acids is 1. The zero-order chi connectivity index (χ0) is 9.30. The Hall–Kier alpha value is -1.30. The van der Waals surface area contributed by atoms with Crippen LogP contribution in [-0.2, 0) is 7.05 Å². The predicted octanol–water partition coefficient (Wildman–Crippen LogP) is 0.00110.